The molecule has 0 radical (unpaired) electrons. The van der Waals surface area contributed by atoms with Gasteiger partial charge in [-0.15, -0.1) is 0 Å². The highest BCUT2D eigenvalue weighted by atomic mass is 16.3. The van der Waals surface area contributed by atoms with E-state index in [2.05, 4.69) is 19.2 Å². The first kappa shape index (κ1) is 12.7. The van der Waals surface area contributed by atoms with Gasteiger partial charge >= 0.3 is 0 Å². The summed E-state index contributed by atoms with van der Waals surface area (Å²) in [5, 5.41) is 2.90. The van der Waals surface area contributed by atoms with Crippen LogP contribution in [0.3, 0.4) is 0 Å². The maximum absolute atomic E-state index is 11.8. The largest absolute Gasteiger partial charge is 0.453 e. The Bertz CT molecular complexity index is 697. The number of aldehydes is 1. The van der Waals surface area contributed by atoms with E-state index in [0.29, 0.717) is 24.2 Å². The SMILES string of the molecule is CC1(C)CC(=O)Nc2cc(-c3ccc(C=O)o3)ccc21. The number of benzene rings is 1. The van der Waals surface area contributed by atoms with Crippen molar-refractivity contribution in [2.24, 2.45) is 0 Å². The molecule has 2 aromatic rings. The van der Waals surface area contributed by atoms with Gasteiger partial charge in [-0.2, -0.15) is 0 Å². The maximum Gasteiger partial charge on any atom is 0.225 e. The van der Waals surface area contributed by atoms with Gasteiger partial charge in [-0.25, -0.2) is 0 Å². The molecule has 1 aromatic heterocycles. The fourth-order valence-corrected chi connectivity index (χ4v) is 2.65. The first-order valence-corrected chi connectivity index (χ1v) is 6.49. The molecule has 0 atom stereocenters. The summed E-state index contributed by atoms with van der Waals surface area (Å²) < 4.78 is 5.41. The van der Waals surface area contributed by atoms with Crippen molar-refractivity contribution >= 4 is 17.9 Å². The van der Waals surface area contributed by atoms with Crippen LogP contribution in [0, 0.1) is 0 Å². The molecule has 1 aliphatic heterocycles. The highest BCUT2D eigenvalue weighted by Crippen LogP contribution is 2.39. The third-order valence-corrected chi connectivity index (χ3v) is 3.65. The van der Waals surface area contributed by atoms with E-state index in [1.807, 2.05) is 18.2 Å². The summed E-state index contributed by atoms with van der Waals surface area (Å²) in [5.74, 6) is 0.933. The summed E-state index contributed by atoms with van der Waals surface area (Å²) in [4.78, 5) is 22.4. The molecule has 0 saturated heterocycles. The lowest BCUT2D eigenvalue weighted by Crippen LogP contribution is -2.32. The number of hydrogen-bond acceptors (Lipinski definition) is 3. The van der Waals surface area contributed by atoms with Crippen molar-refractivity contribution in [1.82, 2.24) is 0 Å². The molecule has 1 N–H and O–H groups in total. The number of rotatable bonds is 2. The second-order valence-corrected chi connectivity index (χ2v) is 5.69. The Morgan fingerprint density at radius 1 is 1.25 bits per heavy atom. The molecule has 20 heavy (non-hydrogen) atoms. The first-order valence-electron chi connectivity index (χ1n) is 6.49. The van der Waals surface area contributed by atoms with Gasteiger partial charge in [0.2, 0.25) is 5.91 Å². The van der Waals surface area contributed by atoms with Crippen LogP contribution in [0.25, 0.3) is 11.3 Å². The smallest absolute Gasteiger partial charge is 0.225 e. The van der Waals surface area contributed by atoms with Crippen LogP contribution in [0.1, 0.15) is 36.4 Å². The van der Waals surface area contributed by atoms with Crippen LogP contribution in [0.5, 0.6) is 0 Å². The van der Waals surface area contributed by atoms with Gasteiger partial charge in [-0.1, -0.05) is 26.0 Å². The second kappa shape index (κ2) is 4.34. The highest BCUT2D eigenvalue weighted by Gasteiger charge is 2.31. The van der Waals surface area contributed by atoms with Crippen LogP contribution >= 0.6 is 0 Å². The Hall–Kier alpha value is -2.36. The molecule has 0 saturated carbocycles. The number of furan rings is 1. The summed E-state index contributed by atoms with van der Waals surface area (Å²) >= 11 is 0. The zero-order valence-corrected chi connectivity index (χ0v) is 11.4. The number of fused-ring (bicyclic) bond motifs is 1. The van der Waals surface area contributed by atoms with E-state index in [-0.39, 0.29) is 11.3 Å². The fraction of sp³-hybridized carbons (Fsp3) is 0.250. The number of hydrogen-bond donors (Lipinski definition) is 1. The number of nitrogens with one attached hydrogen (secondary N) is 1. The van der Waals surface area contributed by atoms with Gasteiger partial charge in [-0.3, -0.25) is 9.59 Å². The monoisotopic (exact) mass is 269 g/mol. The summed E-state index contributed by atoms with van der Waals surface area (Å²) in [5.41, 5.74) is 2.60. The van der Waals surface area contributed by atoms with Crippen LogP contribution in [0.2, 0.25) is 0 Å². The summed E-state index contributed by atoms with van der Waals surface area (Å²) in [7, 11) is 0. The van der Waals surface area contributed by atoms with Crippen molar-refractivity contribution in [1.29, 1.82) is 0 Å². The molecule has 0 unspecified atom stereocenters. The van der Waals surface area contributed by atoms with Crippen molar-refractivity contribution in [2.75, 3.05) is 5.32 Å². The molecular formula is C16H15NO3. The minimum Gasteiger partial charge on any atom is -0.453 e. The fourth-order valence-electron chi connectivity index (χ4n) is 2.65. The summed E-state index contributed by atoms with van der Waals surface area (Å²) in [6.07, 6.45) is 1.15. The molecule has 0 bridgehead atoms. The van der Waals surface area contributed by atoms with E-state index in [1.54, 1.807) is 12.1 Å². The number of anilines is 1. The Labute approximate surface area is 116 Å². The minimum atomic E-state index is -0.173. The molecule has 3 rings (SSSR count). The van der Waals surface area contributed by atoms with Gasteiger partial charge in [-0.05, 0) is 23.8 Å². The zero-order chi connectivity index (χ0) is 14.3. The average Bonchev–Trinajstić information content (AvgIpc) is 2.85. The van der Waals surface area contributed by atoms with E-state index >= 15 is 0 Å². The summed E-state index contributed by atoms with van der Waals surface area (Å²) in [6, 6.07) is 9.23. The van der Waals surface area contributed by atoms with Gasteiger partial charge in [0.25, 0.3) is 0 Å². The van der Waals surface area contributed by atoms with Crippen molar-refractivity contribution in [3.05, 3.63) is 41.7 Å². The lowest BCUT2D eigenvalue weighted by atomic mass is 9.77. The predicted molar refractivity (Wildman–Crippen MR) is 75.8 cm³/mol. The Kier molecular flexibility index (Phi) is 2.74. The van der Waals surface area contributed by atoms with Crippen molar-refractivity contribution < 1.29 is 14.0 Å². The molecule has 1 aliphatic rings. The van der Waals surface area contributed by atoms with E-state index in [1.165, 1.54) is 0 Å². The second-order valence-electron chi connectivity index (χ2n) is 5.69. The molecule has 4 heteroatoms. The Morgan fingerprint density at radius 3 is 2.75 bits per heavy atom. The number of carbonyl (C=O) groups is 2. The number of carbonyl (C=O) groups excluding carboxylic acids is 2. The molecule has 4 nitrogen and oxygen atoms in total. The minimum absolute atomic E-state index is 0.0210. The predicted octanol–water partition coefficient (Wildman–Crippen LogP) is 3.38. The lowest BCUT2D eigenvalue weighted by Gasteiger charge is -2.32. The van der Waals surface area contributed by atoms with Crippen LogP contribution in [0.4, 0.5) is 5.69 Å². The Morgan fingerprint density at radius 2 is 2.05 bits per heavy atom. The van der Waals surface area contributed by atoms with Crippen LogP contribution < -0.4 is 5.32 Å². The average molecular weight is 269 g/mol. The van der Waals surface area contributed by atoms with E-state index in [9.17, 15) is 9.59 Å². The van der Waals surface area contributed by atoms with Gasteiger partial charge < -0.3 is 9.73 Å². The topological polar surface area (TPSA) is 59.3 Å². The molecule has 0 fully saturated rings. The third kappa shape index (κ3) is 2.03. The van der Waals surface area contributed by atoms with Gasteiger partial charge in [0, 0.05) is 23.1 Å². The van der Waals surface area contributed by atoms with Crippen LogP contribution in [-0.2, 0) is 10.2 Å². The van der Waals surface area contributed by atoms with E-state index in [4.69, 9.17) is 4.42 Å². The molecule has 1 amide bonds. The quantitative estimate of drug-likeness (QED) is 0.850. The van der Waals surface area contributed by atoms with Crippen molar-refractivity contribution in [3.63, 3.8) is 0 Å². The molecule has 1 aromatic carbocycles. The van der Waals surface area contributed by atoms with Crippen LogP contribution in [-0.4, -0.2) is 12.2 Å². The van der Waals surface area contributed by atoms with Crippen molar-refractivity contribution in [2.45, 2.75) is 25.7 Å². The number of amides is 1. The van der Waals surface area contributed by atoms with Gasteiger partial charge in [0.05, 0.1) is 0 Å². The van der Waals surface area contributed by atoms with Gasteiger partial charge in [0.1, 0.15) is 5.76 Å². The normalized spacial score (nSPS) is 16.4. The maximum atomic E-state index is 11.8. The standard InChI is InChI=1S/C16H15NO3/c1-16(2)8-15(19)17-13-7-10(3-5-12(13)16)14-6-4-11(9-18)20-14/h3-7,9H,8H2,1-2H3,(H,17,19). The molecule has 0 aliphatic carbocycles. The zero-order valence-electron chi connectivity index (χ0n) is 11.4. The first-order chi connectivity index (χ1) is 9.49. The summed E-state index contributed by atoms with van der Waals surface area (Å²) in [6.45, 7) is 4.11. The highest BCUT2D eigenvalue weighted by molar-refractivity contribution is 5.96. The molecule has 0 spiro atoms. The third-order valence-electron chi connectivity index (χ3n) is 3.65. The van der Waals surface area contributed by atoms with Crippen molar-refractivity contribution in [3.8, 4) is 11.3 Å². The van der Waals surface area contributed by atoms with Crippen LogP contribution in [0.15, 0.2) is 34.7 Å². The van der Waals surface area contributed by atoms with E-state index in [0.717, 1.165) is 16.8 Å². The molecule has 2 heterocycles. The van der Waals surface area contributed by atoms with Gasteiger partial charge in [0.15, 0.2) is 12.0 Å². The molecule has 102 valence electrons. The van der Waals surface area contributed by atoms with E-state index < -0.39 is 0 Å². The Balaban J connectivity index is 2.07. The molecular weight excluding hydrogens is 254 g/mol. The lowest BCUT2D eigenvalue weighted by molar-refractivity contribution is -0.117.